The summed E-state index contributed by atoms with van der Waals surface area (Å²) in [6.45, 7) is 7.43. The van der Waals surface area contributed by atoms with Crippen LogP contribution in [0.1, 0.15) is 96.2 Å². The van der Waals surface area contributed by atoms with E-state index in [2.05, 4.69) is 20.8 Å². The molecule has 0 aliphatic heterocycles. The molecule has 7 rings (SSSR count). The highest BCUT2D eigenvalue weighted by atomic mass is 19.1. The molecule has 10 atom stereocenters. The van der Waals surface area contributed by atoms with Crippen LogP contribution in [-0.4, -0.2) is 32.9 Å². The molecule has 1 heterocycles. The molecule has 5 aliphatic rings. The van der Waals surface area contributed by atoms with E-state index < -0.39 is 0 Å². The van der Waals surface area contributed by atoms with Gasteiger partial charge in [0, 0.05) is 18.0 Å². The first-order valence-corrected chi connectivity index (χ1v) is 15.2. The number of fused-ring (bicyclic) bond motifs is 7. The molecule has 0 saturated heterocycles. The third-order valence-electron chi connectivity index (χ3n) is 13.6. The number of benzene rings is 1. The van der Waals surface area contributed by atoms with E-state index in [1.54, 1.807) is 16.8 Å². The van der Waals surface area contributed by atoms with Crippen molar-refractivity contribution in [3.05, 3.63) is 36.3 Å². The summed E-state index contributed by atoms with van der Waals surface area (Å²) < 4.78 is 15.3. The van der Waals surface area contributed by atoms with Gasteiger partial charge in [0.15, 0.2) is 0 Å². The van der Waals surface area contributed by atoms with E-state index in [-0.39, 0.29) is 45.6 Å². The summed E-state index contributed by atoms with van der Waals surface area (Å²) in [6.07, 6.45) is 12.5. The Morgan fingerprint density at radius 3 is 2.63 bits per heavy atom. The molecule has 5 heteroatoms. The first-order chi connectivity index (χ1) is 18.0. The molecule has 2 aromatic rings. The number of aliphatic hydroxyl groups is 2. The molecule has 5 fully saturated rings. The maximum atomic E-state index is 13.6. The van der Waals surface area contributed by atoms with Crippen LogP contribution in [0, 0.1) is 51.1 Å². The van der Waals surface area contributed by atoms with Gasteiger partial charge in [0.25, 0.3) is 0 Å². The predicted octanol–water partition coefficient (Wildman–Crippen LogP) is 6.97. The Morgan fingerprint density at radius 1 is 1.03 bits per heavy atom. The lowest BCUT2D eigenvalue weighted by Crippen LogP contribution is -2.58. The molecule has 5 aliphatic carbocycles. The summed E-state index contributed by atoms with van der Waals surface area (Å²) >= 11 is 0. The van der Waals surface area contributed by atoms with Crippen molar-refractivity contribution in [2.45, 2.75) is 104 Å². The van der Waals surface area contributed by atoms with Gasteiger partial charge in [0.1, 0.15) is 5.82 Å². The standard InChI is InChI=1S/C33H44FNO3/c1-30(11-9-28(38)35-15-10-20-16-22(34)4-5-26(20)35)19-33(30)14-8-25-29-24(7-13-32(25,33)3)31(2)12-6-23(36)17-21(31)18-27(29)37/h4-5,10,15-16,21,23-25,27,29,36-37H,6-9,11-14,17-19H2,1-3H3/t21-,23+,24-,25-,27-,29+,30-,31-,32-,33-/m0/s1. The molecule has 206 valence electrons. The van der Waals surface area contributed by atoms with Crippen LogP contribution in [0.15, 0.2) is 30.5 Å². The Hall–Kier alpha value is -1.72. The monoisotopic (exact) mass is 521 g/mol. The molecule has 38 heavy (non-hydrogen) atoms. The fourth-order valence-corrected chi connectivity index (χ4v) is 11.4. The van der Waals surface area contributed by atoms with E-state index >= 15 is 0 Å². The molecule has 0 unspecified atom stereocenters. The van der Waals surface area contributed by atoms with Gasteiger partial charge in [-0.05, 0) is 134 Å². The molecule has 1 spiro atoms. The molecule has 4 nitrogen and oxygen atoms in total. The summed E-state index contributed by atoms with van der Waals surface area (Å²) in [5, 5.41) is 22.7. The van der Waals surface area contributed by atoms with Crippen molar-refractivity contribution < 1.29 is 19.4 Å². The van der Waals surface area contributed by atoms with Gasteiger partial charge in [-0.1, -0.05) is 20.8 Å². The van der Waals surface area contributed by atoms with Gasteiger partial charge in [-0.25, -0.2) is 4.39 Å². The highest BCUT2D eigenvalue weighted by molar-refractivity contribution is 5.92. The van der Waals surface area contributed by atoms with Crippen molar-refractivity contribution in [2.75, 3.05) is 0 Å². The molecule has 5 saturated carbocycles. The number of carbonyl (C=O) groups excluding carboxylic acids is 1. The number of aromatic nitrogens is 1. The Bertz CT molecular complexity index is 1290. The van der Waals surface area contributed by atoms with Crippen LogP contribution in [0.25, 0.3) is 10.9 Å². The van der Waals surface area contributed by atoms with Crippen LogP contribution in [0.3, 0.4) is 0 Å². The van der Waals surface area contributed by atoms with E-state index in [1.165, 1.54) is 44.2 Å². The minimum Gasteiger partial charge on any atom is -0.393 e. The number of halogens is 1. The number of carbonyl (C=O) groups is 1. The Balaban J connectivity index is 1.10. The second kappa shape index (κ2) is 8.16. The summed E-state index contributed by atoms with van der Waals surface area (Å²) in [7, 11) is 0. The maximum absolute atomic E-state index is 13.6. The van der Waals surface area contributed by atoms with E-state index in [0.29, 0.717) is 30.1 Å². The third-order valence-corrected chi connectivity index (χ3v) is 13.6. The molecule has 1 aromatic heterocycles. The number of aliphatic hydroxyl groups excluding tert-OH is 2. The second-order valence-electron chi connectivity index (χ2n) is 14.8. The third kappa shape index (κ3) is 3.24. The molecule has 2 N–H and O–H groups in total. The summed E-state index contributed by atoms with van der Waals surface area (Å²) in [5.74, 6) is 1.77. The Labute approximate surface area is 226 Å². The first-order valence-electron chi connectivity index (χ1n) is 15.2. The summed E-state index contributed by atoms with van der Waals surface area (Å²) in [4.78, 5) is 13.3. The topological polar surface area (TPSA) is 62.5 Å². The first kappa shape index (κ1) is 25.3. The van der Waals surface area contributed by atoms with Crippen molar-refractivity contribution >= 4 is 16.8 Å². The van der Waals surface area contributed by atoms with Crippen LogP contribution in [0.4, 0.5) is 4.39 Å². The van der Waals surface area contributed by atoms with Crippen molar-refractivity contribution in [3.63, 3.8) is 0 Å². The molecule has 0 amide bonds. The van der Waals surface area contributed by atoms with Crippen LogP contribution in [-0.2, 0) is 0 Å². The molecular weight excluding hydrogens is 477 g/mol. The largest absolute Gasteiger partial charge is 0.393 e. The SMILES string of the molecule is C[C@]12CC[C@@H](O)C[C@H]1C[C@H](O)[C@@H]1[C@@H]2CC[C@@]2(C)[C@H]1CC[C@@]21C[C@]1(C)CCC(=O)n1ccc2cc(F)ccc21. The van der Waals surface area contributed by atoms with Gasteiger partial charge in [0.2, 0.25) is 5.91 Å². The van der Waals surface area contributed by atoms with Crippen molar-refractivity contribution in [1.29, 1.82) is 0 Å². The molecule has 1 aromatic carbocycles. The normalized spacial score (nSPS) is 47.5. The number of rotatable bonds is 3. The Morgan fingerprint density at radius 2 is 1.82 bits per heavy atom. The van der Waals surface area contributed by atoms with E-state index in [1.807, 2.05) is 6.07 Å². The summed E-state index contributed by atoms with van der Waals surface area (Å²) in [5.41, 5.74) is 1.70. The zero-order chi connectivity index (χ0) is 26.7. The van der Waals surface area contributed by atoms with E-state index in [9.17, 15) is 19.4 Å². The zero-order valence-electron chi connectivity index (χ0n) is 23.3. The lowest BCUT2D eigenvalue weighted by Gasteiger charge is -2.62. The van der Waals surface area contributed by atoms with Gasteiger partial charge in [-0.2, -0.15) is 0 Å². The fraction of sp³-hybridized carbons (Fsp3) is 0.727. The lowest BCUT2D eigenvalue weighted by molar-refractivity contribution is -0.175. The van der Waals surface area contributed by atoms with Gasteiger partial charge < -0.3 is 10.2 Å². The quantitative estimate of drug-likeness (QED) is 0.458. The Kier molecular flexibility index (Phi) is 5.42. The number of hydrogen-bond acceptors (Lipinski definition) is 3. The van der Waals surface area contributed by atoms with Gasteiger partial charge in [-0.3, -0.25) is 9.36 Å². The summed E-state index contributed by atoms with van der Waals surface area (Å²) in [6, 6.07) is 6.45. The average Bonchev–Trinajstić information content (AvgIpc) is 3.14. The van der Waals surface area contributed by atoms with E-state index in [0.717, 1.165) is 43.0 Å². The van der Waals surface area contributed by atoms with Crippen molar-refractivity contribution in [2.24, 2.45) is 45.3 Å². The predicted molar refractivity (Wildman–Crippen MR) is 146 cm³/mol. The van der Waals surface area contributed by atoms with Gasteiger partial charge in [0.05, 0.1) is 17.7 Å². The van der Waals surface area contributed by atoms with Gasteiger partial charge >= 0.3 is 0 Å². The fourth-order valence-electron chi connectivity index (χ4n) is 11.4. The van der Waals surface area contributed by atoms with Crippen LogP contribution < -0.4 is 0 Å². The molecular formula is C33H44FNO3. The van der Waals surface area contributed by atoms with Crippen LogP contribution in [0.2, 0.25) is 0 Å². The number of hydrogen-bond donors (Lipinski definition) is 2. The van der Waals surface area contributed by atoms with E-state index in [4.69, 9.17) is 0 Å². The zero-order valence-corrected chi connectivity index (χ0v) is 23.3. The van der Waals surface area contributed by atoms with Crippen LogP contribution >= 0.6 is 0 Å². The number of nitrogens with zero attached hydrogens (tertiary/aromatic N) is 1. The van der Waals surface area contributed by atoms with Gasteiger partial charge in [-0.15, -0.1) is 0 Å². The lowest BCUT2D eigenvalue weighted by atomic mass is 9.43. The second-order valence-corrected chi connectivity index (χ2v) is 14.8. The minimum absolute atomic E-state index is 0.0967. The van der Waals surface area contributed by atoms with Crippen molar-refractivity contribution in [3.8, 4) is 0 Å². The highest BCUT2D eigenvalue weighted by Crippen LogP contribution is 2.84. The molecule has 0 radical (unpaired) electrons. The minimum atomic E-state index is -0.275. The van der Waals surface area contributed by atoms with Crippen molar-refractivity contribution in [1.82, 2.24) is 4.57 Å². The highest BCUT2D eigenvalue weighted by Gasteiger charge is 2.77. The smallest absolute Gasteiger partial charge is 0.231 e. The van der Waals surface area contributed by atoms with Crippen LogP contribution in [0.5, 0.6) is 0 Å². The average molecular weight is 522 g/mol. The molecule has 0 bridgehead atoms. The maximum Gasteiger partial charge on any atom is 0.231 e.